The molecule has 1 atom stereocenters. The van der Waals surface area contributed by atoms with Crippen LogP contribution in [-0.4, -0.2) is 43.6 Å². The number of hydrogen-bond donors (Lipinski definition) is 0. The molecule has 0 aliphatic heterocycles. The molecule has 0 spiro atoms. The van der Waals surface area contributed by atoms with E-state index in [-0.39, 0.29) is 24.4 Å². The lowest BCUT2D eigenvalue weighted by molar-refractivity contribution is -0.146. The van der Waals surface area contributed by atoms with Gasteiger partial charge in [0.15, 0.2) is 6.61 Å². The summed E-state index contributed by atoms with van der Waals surface area (Å²) in [6.07, 6.45) is 0. The predicted molar refractivity (Wildman–Crippen MR) is 94.0 cm³/mol. The zero-order chi connectivity index (χ0) is 18.3. The van der Waals surface area contributed by atoms with Crippen LogP contribution in [-0.2, 0) is 14.3 Å². The lowest BCUT2D eigenvalue weighted by Gasteiger charge is -2.27. The van der Waals surface area contributed by atoms with Gasteiger partial charge in [0.2, 0.25) is 0 Å². The third-order valence-electron chi connectivity index (χ3n) is 3.94. The van der Waals surface area contributed by atoms with Crippen molar-refractivity contribution < 1.29 is 19.1 Å². The van der Waals surface area contributed by atoms with Gasteiger partial charge in [0.1, 0.15) is 5.75 Å². The zero-order valence-electron chi connectivity index (χ0n) is 15.6. The van der Waals surface area contributed by atoms with Crippen LogP contribution in [0.3, 0.4) is 0 Å². The van der Waals surface area contributed by atoms with Crippen molar-refractivity contribution in [3.05, 3.63) is 29.3 Å². The number of rotatable bonds is 8. The van der Waals surface area contributed by atoms with E-state index in [0.717, 1.165) is 11.1 Å². The second-order valence-corrected chi connectivity index (χ2v) is 6.60. The second kappa shape index (κ2) is 9.30. The number of methoxy groups -OCH3 is 1. The Balaban J connectivity index is 2.73. The molecule has 0 aromatic heterocycles. The molecule has 0 aliphatic rings. The predicted octanol–water partition coefficient (Wildman–Crippen LogP) is 2.98. The Morgan fingerprint density at radius 2 is 1.79 bits per heavy atom. The maximum Gasteiger partial charge on any atom is 0.310 e. The molecule has 0 fully saturated rings. The van der Waals surface area contributed by atoms with Crippen LogP contribution in [0.2, 0.25) is 0 Å². The van der Waals surface area contributed by atoms with Crippen LogP contribution in [0.4, 0.5) is 0 Å². The quantitative estimate of drug-likeness (QED) is 0.685. The van der Waals surface area contributed by atoms with Crippen molar-refractivity contribution in [3.63, 3.8) is 0 Å². The summed E-state index contributed by atoms with van der Waals surface area (Å²) in [6, 6.07) is 5.78. The molecule has 0 saturated heterocycles. The van der Waals surface area contributed by atoms with Gasteiger partial charge in [-0.25, -0.2) is 0 Å². The van der Waals surface area contributed by atoms with Crippen molar-refractivity contribution in [1.29, 1.82) is 0 Å². The average Bonchev–Trinajstić information content (AvgIpc) is 2.53. The number of carbonyl (C=O) groups is 2. The summed E-state index contributed by atoms with van der Waals surface area (Å²) in [5.41, 5.74) is 2.15. The van der Waals surface area contributed by atoms with Crippen LogP contribution < -0.4 is 4.74 Å². The van der Waals surface area contributed by atoms with E-state index in [1.54, 1.807) is 11.8 Å². The summed E-state index contributed by atoms with van der Waals surface area (Å²) in [6.45, 7) is 10.7. The molecule has 0 saturated carbocycles. The molecule has 0 aliphatic carbocycles. The largest absolute Gasteiger partial charge is 0.483 e. The van der Waals surface area contributed by atoms with Gasteiger partial charge in [-0.2, -0.15) is 0 Å². The van der Waals surface area contributed by atoms with Gasteiger partial charge < -0.3 is 14.4 Å². The SMILES string of the molecule is COC(=O)C(C)CN(CC(C)C)C(=O)COc1cccc(C)c1C. The summed E-state index contributed by atoms with van der Waals surface area (Å²) < 4.78 is 10.5. The van der Waals surface area contributed by atoms with E-state index in [4.69, 9.17) is 9.47 Å². The highest BCUT2D eigenvalue weighted by Crippen LogP contribution is 2.20. The van der Waals surface area contributed by atoms with E-state index < -0.39 is 0 Å². The average molecular weight is 335 g/mol. The van der Waals surface area contributed by atoms with Gasteiger partial charge >= 0.3 is 5.97 Å². The first-order valence-corrected chi connectivity index (χ1v) is 8.30. The Hall–Kier alpha value is -2.04. The number of amides is 1. The Morgan fingerprint density at radius 3 is 2.38 bits per heavy atom. The van der Waals surface area contributed by atoms with Gasteiger partial charge in [-0.1, -0.05) is 32.9 Å². The number of nitrogens with zero attached hydrogens (tertiary/aromatic N) is 1. The molecule has 24 heavy (non-hydrogen) atoms. The summed E-state index contributed by atoms with van der Waals surface area (Å²) >= 11 is 0. The fourth-order valence-electron chi connectivity index (χ4n) is 2.44. The highest BCUT2D eigenvalue weighted by Gasteiger charge is 2.22. The molecule has 5 nitrogen and oxygen atoms in total. The molecular formula is C19H29NO4. The van der Waals surface area contributed by atoms with Gasteiger partial charge in [0.25, 0.3) is 5.91 Å². The van der Waals surface area contributed by atoms with E-state index in [0.29, 0.717) is 24.8 Å². The topological polar surface area (TPSA) is 55.8 Å². The van der Waals surface area contributed by atoms with Gasteiger partial charge in [0, 0.05) is 13.1 Å². The summed E-state index contributed by atoms with van der Waals surface area (Å²) in [5.74, 6) is 0.221. The molecule has 0 N–H and O–H groups in total. The van der Waals surface area contributed by atoms with Crippen molar-refractivity contribution >= 4 is 11.9 Å². The molecule has 1 aromatic carbocycles. The standard InChI is InChI=1S/C19H29NO4/c1-13(2)10-20(11-15(4)19(22)23-6)18(21)12-24-17-9-7-8-14(3)16(17)5/h7-9,13,15H,10-12H2,1-6H3. The monoisotopic (exact) mass is 335 g/mol. The Morgan fingerprint density at radius 1 is 1.12 bits per heavy atom. The van der Waals surface area contributed by atoms with E-state index in [2.05, 4.69) is 0 Å². The number of ether oxygens (including phenoxy) is 2. The van der Waals surface area contributed by atoms with Crippen molar-refractivity contribution in [2.45, 2.75) is 34.6 Å². The van der Waals surface area contributed by atoms with Crippen molar-refractivity contribution in [2.75, 3.05) is 26.8 Å². The first-order chi connectivity index (χ1) is 11.3. The normalized spacial score (nSPS) is 12.0. The first-order valence-electron chi connectivity index (χ1n) is 8.30. The van der Waals surface area contributed by atoms with Crippen LogP contribution in [0.5, 0.6) is 5.75 Å². The van der Waals surface area contributed by atoms with E-state index in [1.165, 1.54) is 7.11 Å². The van der Waals surface area contributed by atoms with Crippen LogP contribution in [0.25, 0.3) is 0 Å². The van der Waals surface area contributed by atoms with Crippen molar-refractivity contribution in [2.24, 2.45) is 11.8 Å². The zero-order valence-corrected chi connectivity index (χ0v) is 15.6. The number of hydrogen-bond acceptors (Lipinski definition) is 4. The Labute approximate surface area is 144 Å². The van der Waals surface area contributed by atoms with Gasteiger partial charge in [0.05, 0.1) is 13.0 Å². The van der Waals surface area contributed by atoms with E-state index in [9.17, 15) is 9.59 Å². The minimum absolute atomic E-state index is 0.0368. The van der Waals surface area contributed by atoms with Gasteiger partial charge in [-0.05, 0) is 37.0 Å². The maximum atomic E-state index is 12.5. The fraction of sp³-hybridized carbons (Fsp3) is 0.579. The molecule has 5 heteroatoms. The van der Waals surface area contributed by atoms with Gasteiger partial charge in [-0.15, -0.1) is 0 Å². The maximum absolute atomic E-state index is 12.5. The van der Waals surface area contributed by atoms with Crippen molar-refractivity contribution in [1.82, 2.24) is 4.90 Å². The highest BCUT2D eigenvalue weighted by atomic mass is 16.5. The minimum atomic E-state index is -0.363. The first kappa shape index (κ1) is 20.0. The van der Waals surface area contributed by atoms with Crippen LogP contribution in [0, 0.1) is 25.7 Å². The van der Waals surface area contributed by atoms with Crippen LogP contribution in [0.15, 0.2) is 18.2 Å². The molecule has 1 rings (SSSR count). The van der Waals surface area contributed by atoms with Gasteiger partial charge in [-0.3, -0.25) is 9.59 Å². The van der Waals surface area contributed by atoms with Crippen LogP contribution in [0.1, 0.15) is 31.9 Å². The summed E-state index contributed by atoms with van der Waals surface area (Å²) in [7, 11) is 1.36. The Bertz CT molecular complexity index is 568. The number of carbonyl (C=O) groups excluding carboxylic acids is 2. The molecule has 1 aromatic rings. The second-order valence-electron chi connectivity index (χ2n) is 6.60. The molecular weight excluding hydrogens is 306 g/mol. The third kappa shape index (κ3) is 5.87. The van der Waals surface area contributed by atoms with E-state index >= 15 is 0 Å². The number of benzene rings is 1. The third-order valence-corrected chi connectivity index (χ3v) is 3.94. The highest BCUT2D eigenvalue weighted by molar-refractivity contribution is 5.79. The molecule has 1 unspecified atom stereocenters. The lowest BCUT2D eigenvalue weighted by Crippen LogP contribution is -2.41. The molecule has 1 amide bonds. The van der Waals surface area contributed by atoms with Crippen molar-refractivity contribution in [3.8, 4) is 5.75 Å². The van der Waals surface area contributed by atoms with Crippen LogP contribution >= 0.6 is 0 Å². The molecule has 0 heterocycles. The lowest BCUT2D eigenvalue weighted by atomic mass is 10.1. The summed E-state index contributed by atoms with van der Waals surface area (Å²) in [4.78, 5) is 25.8. The fourth-order valence-corrected chi connectivity index (χ4v) is 2.44. The van der Waals surface area contributed by atoms with E-state index in [1.807, 2.05) is 45.9 Å². The summed E-state index contributed by atoms with van der Waals surface area (Å²) in [5, 5.41) is 0. The molecule has 134 valence electrons. The minimum Gasteiger partial charge on any atom is -0.483 e. The number of aryl methyl sites for hydroxylation is 1. The smallest absolute Gasteiger partial charge is 0.310 e. The molecule has 0 radical (unpaired) electrons. The molecule has 0 bridgehead atoms. The Kier molecular flexibility index (Phi) is 7.75. The number of esters is 1.